The van der Waals surface area contributed by atoms with Crippen molar-refractivity contribution in [2.24, 2.45) is 0 Å². The Morgan fingerprint density at radius 2 is 1.72 bits per heavy atom. The number of halogens is 5. The number of aromatic nitrogens is 3. The van der Waals surface area contributed by atoms with Gasteiger partial charge in [-0.1, -0.05) is 19.4 Å². The van der Waals surface area contributed by atoms with E-state index in [2.05, 4.69) is 15.0 Å². The van der Waals surface area contributed by atoms with Crippen molar-refractivity contribution in [1.29, 1.82) is 0 Å². The summed E-state index contributed by atoms with van der Waals surface area (Å²) < 4.78 is 71.8. The van der Waals surface area contributed by atoms with Crippen LogP contribution in [0.25, 0.3) is 11.2 Å². The van der Waals surface area contributed by atoms with Gasteiger partial charge in [0, 0.05) is 44.1 Å². The highest BCUT2D eigenvalue weighted by atomic mass is 32.5. The average molecular weight is 532 g/mol. The number of carbonyl (C=O) groups is 1. The molecule has 2 aliphatic heterocycles. The Morgan fingerprint density at radius 1 is 1.03 bits per heavy atom. The molecule has 0 unspecified atom stereocenters. The zero-order chi connectivity index (χ0) is 25.8. The molecule has 196 valence electrons. The number of imidazole rings is 1. The second-order valence-corrected chi connectivity index (χ2v) is 11.8. The maximum absolute atomic E-state index is 13.3. The van der Waals surface area contributed by atoms with Gasteiger partial charge in [-0.15, -0.1) is 0 Å². The summed E-state index contributed by atoms with van der Waals surface area (Å²) in [5.74, 6) is 0.418. The zero-order valence-corrected chi connectivity index (χ0v) is 20.0. The number of nitrogens with zero attached hydrogens (tertiary/aromatic N) is 3. The van der Waals surface area contributed by atoms with Crippen molar-refractivity contribution < 1.29 is 29.0 Å². The van der Waals surface area contributed by atoms with Crippen molar-refractivity contribution in [3.05, 3.63) is 47.4 Å². The highest BCUT2D eigenvalue weighted by molar-refractivity contribution is 8.45. The number of nitrogens with two attached hydrogens (primary N) is 1. The molecule has 1 amide bonds. The van der Waals surface area contributed by atoms with Crippen molar-refractivity contribution in [3.8, 4) is 0 Å². The van der Waals surface area contributed by atoms with Gasteiger partial charge in [-0.3, -0.25) is 4.79 Å². The van der Waals surface area contributed by atoms with Gasteiger partial charge in [0.2, 0.25) is 0 Å². The molecular formula is C23H26F5N5O2S. The van der Waals surface area contributed by atoms with E-state index >= 15 is 0 Å². The van der Waals surface area contributed by atoms with Gasteiger partial charge in [-0.05, 0) is 61.4 Å². The third kappa shape index (κ3) is 4.85. The molecule has 2 aromatic heterocycles. The number of anilines is 1. The van der Waals surface area contributed by atoms with E-state index in [0.717, 1.165) is 29.7 Å². The largest absolute Gasteiger partial charge is 0.398 e. The minimum Gasteiger partial charge on any atom is -0.398 e. The number of rotatable bonds is 4. The van der Waals surface area contributed by atoms with E-state index < -0.39 is 26.6 Å². The highest BCUT2D eigenvalue weighted by Gasteiger charge is 2.65. The standard InChI is InChI=1S/C23H26F5N5O2S/c24-36(25,26,27,28)16-1-2-19(29)18(13-16)23(34)33-9-4-14(5-10-33)17-3-8-30-22-20(17)31-21(32-22)15-6-11-35-12-7-15/h1-3,8,13-15H,4-7,9-12,29H2,(H,30,31,32). The number of nitrogen functional groups attached to an aromatic ring is 1. The van der Waals surface area contributed by atoms with E-state index in [1.807, 2.05) is 6.07 Å². The topological polar surface area (TPSA) is 97.1 Å². The Labute approximate surface area is 203 Å². The van der Waals surface area contributed by atoms with Crippen molar-refractivity contribution in [2.75, 3.05) is 32.0 Å². The number of benzene rings is 1. The van der Waals surface area contributed by atoms with E-state index in [-0.39, 0.29) is 42.7 Å². The lowest BCUT2D eigenvalue weighted by molar-refractivity contribution is 0.0714. The molecule has 2 saturated heterocycles. The number of hydrogen-bond acceptors (Lipinski definition) is 5. The lowest BCUT2D eigenvalue weighted by Crippen LogP contribution is -2.38. The van der Waals surface area contributed by atoms with Crippen LogP contribution < -0.4 is 5.73 Å². The van der Waals surface area contributed by atoms with Crippen LogP contribution in [-0.2, 0) is 4.74 Å². The quantitative estimate of drug-likeness (QED) is 0.313. The smallest absolute Gasteiger partial charge is 0.310 e. The lowest BCUT2D eigenvalue weighted by Gasteiger charge is -2.41. The summed E-state index contributed by atoms with van der Waals surface area (Å²) in [6.07, 6.45) is 4.52. The molecule has 3 aromatic rings. The molecule has 7 nitrogen and oxygen atoms in total. The van der Waals surface area contributed by atoms with E-state index in [4.69, 9.17) is 10.5 Å². The summed E-state index contributed by atoms with van der Waals surface area (Å²) in [4.78, 5) is 24.7. The fourth-order valence-corrected chi connectivity index (χ4v) is 5.64. The Bertz CT molecular complexity index is 1320. The first-order chi connectivity index (χ1) is 16.8. The van der Waals surface area contributed by atoms with Crippen LogP contribution in [0, 0.1) is 0 Å². The minimum absolute atomic E-state index is 0.0657. The minimum atomic E-state index is -9.94. The van der Waals surface area contributed by atoms with Gasteiger partial charge in [0.05, 0.1) is 11.1 Å². The molecular weight excluding hydrogens is 505 g/mol. The molecule has 2 fully saturated rings. The Kier molecular flexibility index (Phi) is 5.52. The van der Waals surface area contributed by atoms with Crippen LogP contribution in [0.4, 0.5) is 25.1 Å². The van der Waals surface area contributed by atoms with Crippen LogP contribution in [0.15, 0.2) is 35.4 Å². The first kappa shape index (κ1) is 24.8. The van der Waals surface area contributed by atoms with Crippen LogP contribution in [0.1, 0.15) is 59.3 Å². The van der Waals surface area contributed by atoms with Crippen LogP contribution >= 0.6 is 10.2 Å². The average Bonchev–Trinajstić information content (AvgIpc) is 3.28. The number of aromatic amines is 1. The van der Waals surface area contributed by atoms with Gasteiger partial charge >= 0.3 is 10.2 Å². The number of carbonyl (C=O) groups excluding carboxylic acids is 1. The van der Waals surface area contributed by atoms with Gasteiger partial charge in [0.1, 0.15) is 10.7 Å². The molecule has 2 aliphatic rings. The number of piperidine rings is 1. The Balaban J connectivity index is 1.33. The van der Waals surface area contributed by atoms with Crippen LogP contribution in [-0.4, -0.2) is 52.1 Å². The van der Waals surface area contributed by atoms with E-state index in [9.17, 15) is 24.2 Å². The molecule has 13 heteroatoms. The van der Waals surface area contributed by atoms with Crippen molar-refractivity contribution in [1.82, 2.24) is 19.9 Å². The van der Waals surface area contributed by atoms with E-state index in [0.29, 0.717) is 37.8 Å². The lowest BCUT2D eigenvalue weighted by atomic mass is 9.89. The number of H-pyrrole nitrogens is 1. The first-order valence-electron chi connectivity index (χ1n) is 11.7. The van der Waals surface area contributed by atoms with Gasteiger partial charge in [-0.2, -0.15) is 0 Å². The molecule has 5 rings (SSSR count). The molecule has 0 saturated carbocycles. The summed E-state index contributed by atoms with van der Waals surface area (Å²) in [6, 6.07) is 3.00. The molecule has 4 heterocycles. The summed E-state index contributed by atoms with van der Waals surface area (Å²) in [5.41, 5.74) is 7.33. The zero-order valence-electron chi connectivity index (χ0n) is 19.2. The summed E-state index contributed by atoms with van der Waals surface area (Å²) in [6.45, 7) is 1.86. The summed E-state index contributed by atoms with van der Waals surface area (Å²) in [7, 11) is -9.94. The second-order valence-electron chi connectivity index (χ2n) is 9.39. The monoisotopic (exact) mass is 531 g/mol. The van der Waals surface area contributed by atoms with Crippen LogP contribution in [0.2, 0.25) is 0 Å². The van der Waals surface area contributed by atoms with Crippen molar-refractivity contribution in [3.63, 3.8) is 0 Å². The maximum atomic E-state index is 13.3. The molecule has 1 aromatic carbocycles. The van der Waals surface area contributed by atoms with Gasteiger partial charge in [0.15, 0.2) is 5.65 Å². The fraction of sp³-hybridized carbons (Fsp3) is 0.435. The number of fused-ring (bicyclic) bond motifs is 1. The van der Waals surface area contributed by atoms with Crippen LogP contribution in [0.5, 0.6) is 0 Å². The number of nitrogens with one attached hydrogen (secondary N) is 1. The van der Waals surface area contributed by atoms with Gasteiger partial charge in [-0.25, -0.2) is 9.97 Å². The first-order valence-corrected chi connectivity index (χ1v) is 13.6. The molecule has 0 atom stereocenters. The molecule has 0 radical (unpaired) electrons. The van der Waals surface area contributed by atoms with Gasteiger partial charge in [0.25, 0.3) is 5.91 Å². The van der Waals surface area contributed by atoms with Gasteiger partial charge < -0.3 is 20.4 Å². The molecule has 36 heavy (non-hydrogen) atoms. The highest BCUT2D eigenvalue weighted by Crippen LogP contribution is 3.02. The number of pyridine rings is 1. The van der Waals surface area contributed by atoms with E-state index in [1.165, 1.54) is 4.90 Å². The second kappa shape index (κ2) is 8.04. The third-order valence-corrected chi connectivity index (χ3v) is 8.12. The predicted octanol–water partition coefficient (Wildman–Crippen LogP) is 6.11. The maximum Gasteiger partial charge on any atom is 0.310 e. The number of ether oxygens (including phenoxy) is 1. The molecule has 0 spiro atoms. The van der Waals surface area contributed by atoms with Crippen molar-refractivity contribution in [2.45, 2.75) is 42.4 Å². The number of likely N-dealkylation sites (tertiary alicyclic amines) is 1. The molecule has 3 N–H and O–H groups in total. The Hall–Kier alpha value is -2.93. The van der Waals surface area contributed by atoms with Crippen molar-refractivity contribution >= 4 is 33.0 Å². The predicted molar refractivity (Wildman–Crippen MR) is 127 cm³/mol. The SMILES string of the molecule is Nc1ccc(S(F)(F)(F)(F)F)cc1C(=O)N1CCC(c2ccnc3nc(C4CCOCC4)[nH]c23)CC1. The fourth-order valence-electron chi connectivity index (χ4n) is 4.98. The normalized spacial score (nSPS) is 20.3. The third-order valence-electron chi connectivity index (χ3n) is 6.97. The number of hydrogen-bond donors (Lipinski definition) is 2. The Morgan fingerprint density at radius 3 is 2.39 bits per heavy atom. The van der Waals surface area contributed by atoms with Crippen LogP contribution in [0.3, 0.4) is 0 Å². The summed E-state index contributed by atoms with van der Waals surface area (Å²) in [5, 5.41) is 0. The molecule has 0 aliphatic carbocycles. The summed E-state index contributed by atoms with van der Waals surface area (Å²) >= 11 is 0. The molecule has 0 bridgehead atoms. The number of amides is 1. The van der Waals surface area contributed by atoms with E-state index in [1.54, 1.807) is 6.20 Å².